The van der Waals surface area contributed by atoms with Gasteiger partial charge in [0, 0.05) is 44.2 Å². The number of carbonyl (C=O) groups is 1. The van der Waals surface area contributed by atoms with Crippen molar-refractivity contribution < 1.29 is 19.0 Å². The number of piperidine rings is 1. The van der Waals surface area contributed by atoms with Crippen LogP contribution in [0.25, 0.3) is 0 Å². The first kappa shape index (κ1) is 19.3. The maximum absolute atomic E-state index is 11.7. The smallest absolute Gasteiger partial charge is 0.308 e. The Kier molecular flexibility index (Phi) is 6.08. The lowest BCUT2D eigenvalue weighted by molar-refractivity contribution is -0.146. The Morgan fingerprint density at radius 3 is 2.70 bits per heavy atom. The average Bonchev–Trinajstić information content (AvgIpc) is 3.06. The number of rotatable bonds is 4. The van der Waals surface area contributed by atoms with E-state index in [1.54, 1.807) is 14.2 Å². The summed E-state index contributed by atoms with van der Waals surface area (Å²) in [6.45, 7) is 4.23. The van der Waals surface area contributed by atoms with Gasteiger partial charge >= 0.3 is 5.97 Å². The second-order valence-corrected chi connectivity index (χ2v) is 7.09. The van der Waals surface area contributed by atoms with Crippen molar-refractivity contribution in [2.75, 3.05) is 34.4 Å². The molecule has 2 aliphatic heterocycles. The van der Waals surface area contributed by atoms with E-state index in [2.05, 4.69) is 34.3 Å². The molecule has 2 aliphatic rings. The van der Waals surface area contributed by atoms with Gasteiger partial charge in [0.1, 0.15) is 17.6 Å². The number of esters is 1. The van der Waals surface area contributed by atoms with E-state index in [4.69, 9.17) is 14.2 Å². The van der Waals surface area contributed by atoms with Crippen LogP contribution in [0, 0.1) is 5.92 Å². The molecule has 1 fully saturated rings. The van der Waals surface area contributed by atoms with Gasteiger partial charge in [-0.15, -0.1) is 0 Å². The lowest BCUT2D eigenvalue weighted by Crippen LogP contribution is -2.46. The first-order valence-electron chi connectivity index (χ1n) is 9.45. The molecule has 1 aromatic rings. The first-order valence-corrected chi connectivity index (χ1v) is 9.45. The van der Waals surface area contributed by atoms with E-state index in [1.807, 2.05) is 0 Å². The lowest BCUT2D eigenvalue weighted by Gasteiger charge is -2.33. The predicted octanol–water partition coefficient (Wildman–Crippen LogP) is 1.98. The second-order valence-electron chi connectivity index (χ2n) is 7.09. The van der Waals surface area contributed by atoms with Gasteiger partial charge in [0.15, 0.2) is 5.96 Å². The molecular formula is C20H29N3O4. The molecule has 7 heteroatoms. The lowest BCUT2D eigenvalue weighted by atomic mass is 9.97. The highest BCUT2D eigenvalue weighted by atomic mass is 16.5. The van der Waals surface area contributed by atoms with Gasteiger partial charge in [-0.25, -0.2) is 0 Å². The van der Waals surface area contributed by atoms with Crippen LogP contribution in [0.5, 0.6) is 11.5 Å². The number of aliphatic imine (C=N–C) groups is 1. The van der Waals surface area contributed by atoms with E-state index in [1.165, 1.54) is 12.7 Å². The fourth-order valence-corrected chi connectivity index (χ4v) is 3.81. The molecule has 0 amide bonds. The third-order valence-electron chi connectivity index (χ3n) is 5.28. The van der Waals surface area contributed by atoms with Gasteiger partial charge in [-0.05, 0) is 31.9 Å². The number of nitrogens with zero attached hydrogens (tertiary/aromatic N) is 2. The van der Waals surface area contributed by atoms with Gasteiger partial charge in [0.05, 0.1) is 20.1 Å². The largest absolute Gasteiger partial charge is 0.496 e. The molecule has 0 saturated carbocycles. The van der Waals surface area contributed by atoms with Crippen LogP contribution in [0.2, 0.25) is 0 Å². The van der Waals surface area contributed by atoms with Crippen LogP contribution in [0.4, 0.5) is 0 Å². The molecule has 7 nitrogen and oxygen atoms in total. The predicted molar refractivity (Wildman–Crippen MR) is 103 cm³/mol. The molecule has 0 aromatic heterocycles. The third-order valence-corrected chi connectivity index (χ3v) is 5.28. The quantitative estimate of drug-likeness (QED) is 0.493. The molecule has 148 valence electrons. The molecule has 1 N–H and O–H groups in total. The van der Waals surface area contributed by atoms with Crippen LogP contribution in [0.3, 0.4) is 0 Å². The molecule has 0 spiro atoms. The molecule has 1 aromatic carbocycles. The topological polar surface area (TPSA) is 72.4 Å². The van der Waals surface area contributed by atoms with Crippen LogP contribution in [-0.4, -0.2) is 57.3 Å². The van der Waals surface area contributed by atoms with Gasteiger partial charge in [0.25, 0.3) is 0 Å². The van der Waals surface area contributed by atoms with Gasteiger partial charge < -0.3 is 24.4 Å². The summed E-state index contributed by atoms with van der Waals surface area (Å²) in [7, 11) is 4.92. The molecule has 0 aliphatic carbocycles. The van der Waals surface area contributed by atoms with Gasteiger partial charge in [-0.3, -0.25) is 9.79 Å². The molecular weight excluding hydrogens is 346 g/mol. The fourth-order valence-electron chi connectivity index (χ4n) is 3.81. The zero-order chi connectivity index (χ0) is 19.4. The van der Waals surface area contributed by atoms with E-state index in [0.29, 0.717) is 6.54 Å². The second kappa shape index (κ2) is 8.50. The maximum Gasteiger partial charge on any atom is 0.308 e. The Labute approximate surface area is 160 Å². The Hall–Kier alpha value is -2.44. The SMILES string of the molecule is CN=C(NCc1cc2c(cc1OC)CC(C)O2)N1CCC(C(=O)OC)CC1. The van der Waals surface area contributed by atoms with Crippen LogP contribution >= 0.6 is 0 Å². The van der Waals surface area contributed by atoms with E-state index < -0.39 is 0 Å². The maximum atomic E-state index is 11.7. The highest BCUT2D eigenvalue weighted by Crippen LogP contribution is 2.35. The van der Waals surface area contributed by atoms with Crippen molar-refractivity contribution >= 4 is 11.9 Å². The van der Waals surface area contributed by atoms with E-state index in [-0.39, 0.29) is 18.0 Å². The minimum Gasteiger partial charge on any atom is -0.496 e. The molecule has 1 saturated heterocycles. The van der Waals surface area contributed by atoms with Crippen LogP contribution in [-0.2, 0) is 22.5 Å². The highest BCUT2D eigenvalue weighted by molar-refractivity contribution is 5.80. The molecule has 1 atom stereocenters. The summed E-state index contributed by atoms with van der Waals surface area (Å²) in [5.74, 6) is 2.50. The fraction of sp³-hybridized carbons (Fsp3) is 0.600. The van der Waals surface area contributed by atoms with Crippen LogP contribution in [0.15, 0.2) is 17.1 Å². The number of nitrogens with one attached hydrogen (secondary N) is 1. The molecule has 3 rings (SSSR count). The number of carbonyl (C=O) groups excluding carboxylic acids is 1. The summed E-state index contributed by atoms with van der Waals surface area (Å²) in [5, 5.41) is 3.41. The summed E-state index contributed by atoms with van der Waals surface area (Å²) < 4.78 is 16.3. The van der Waals surface area contributed by atoms with Gasteiger partial charge in [-0.1, -0.05) is 0 Å². The van der Waals surface area contributed by atoms with Crippen molar-refractivity contribution in [3.8, 4) is 11.5 Å². The summed E-state index contributed by atoms with van der Waals surface area (Å²) >= 11 is 0. The summed E-state index contributed by atoms with van der Waals surface area (Å²) in [4.78, 5) is 18.3. The number of fused-ring (bicyclic) bond motifs is 1. The van der Waals surface area contributed by atoms with Crippen molar-refractivity contribution in [1.29, 1.82) is 0 Å². The first-order chi connectivity index (χ1) is 13.0. The molecule has 27 heavy (non-hydrogen) atoms. The highest BCUT2D eigenvalue weighted by Gasteiger charge is 2.27. The zero-order valence-electron chi connectivity index (χ0n) is 16.6. The number of hydrogen-bond acceptors (Lipinski definition) is 5. The van der Waals surface area contributed by atoms with Crippen molar-refractivity contribution in [1.82, 2.24) is 10.2 Å². The van der Waals surface area contributed by atoms with E-state index in [0.717, 1.165) is 55.4 Å². The minimum atomic E-state index is -0.116. The minimum absolute atomic E-state index is 0.0136. The number of guanidine groups is 1. The van der Waals surface area contributed by atoms with Crippen molar-refractivity contribution in [3.63, 3.8) is 0 Å². The number of ether oxygens (including phenoxy) is 3. The molecule has 2 heterocycles. The normalized spacial score (nSPS) is 20.1. The molecule has 1 unspecified atom stereocenters. The average molecular weight is 375 g/mol. The van der Waals surface area contributed by atoms with Crippen molar-refractivity contribution in [3.05, 3.63) is 23.3 Å². The number of benzene rings is 1. The monoisotopic (exact) mass is 375 g/mol. The molecule has 0 bridgehead atoms. The Bertz CT molecular complexity index is 711. The standard InChI is InChI=1S/C20H29N3O4/c1-13-9-15-10-17(25-3)16(11-18(15)27-13)12-22-20(21-2)23-7-5-14(6-8-23)19(24)26-4/h10-11,13-14H,5-9,12H2,1-4H3,(H,21,22). The third kappa shape index (κ3) is 4.28. The van der Waals surface area contributed by atoms with Crippen LogP contribution < -0.4 is 14.8 Å². The summed E-state index contributed by atoms with van der Waals surface area (Å²) in [6, 6.07) is 4.13. The Balaban J connectivity index is 1.62. The summed E-state index contributed by atoms with van der Waals surface area (Å²) in [5.41, 5.74) is 2.23. The Morgan fingerprint density at radius 2 is 2.07 bits per heavy atom. The van der Waals surface area contributed by atoms with Crippen molar-refractivity contribution in [2.45, 2.75) is 38.8 Å². The van der Waals surface area contributed by atoms with Crippen LogP contribution in [0.1, 0.15) is 30.9 Å². The Morgan fingerprint density at radius 1 is 1.33 bits per heavy atom. The number of hydrogen-bond donors (Lipinski definition) is 1. The summed E-state index contributed by atoms with van der Waals surface area (Å²) in [6.07, 6.45) is 2.68. The van der Waals surface area contributed by atoms with Gasteiger partial charge in [-0.2, -0.15) is 0 Å². The van der Waals surface area contributed by atoms with E-state index in [9.17, 15) is 4.79 Å². The molecule has 0 radical (unpaired) electrons. The number of likely N-dealkylation sites (tertiary alicyclic amines) is 1. The number of methoxy groups -OCH3 is 2. The van der Waals surface area contributed by atoms with E-state index >= 15 is 0 Å². The van der Waals surface area contributed by atoms with Crippen molar-refractivity contribution in [2.24, 2.45) is 10.9 Å². The zero-order valence-corrected chi connectivity index (χ0v) is 16.6. The van der Waals surface area contributed by atoms with Gasteiger partial charge in [0.2, 0.25) is 0 Å².